The molecule has 10 heteroatoms. The van der Waals surface area contributed by atoms with Crippen molar-refractivity contribution in [2.45, 2.75) is 68.2 Å². The molecule has 33 heavy (non-hydrogen) atoms. The lowest BCUT2D eigenvalue weighted by atomic mass is 9.96. The molecule has 2 saturated heterocycles. The highest BCUT2D eigenvalue weighted by atomic mass is 32.2. The van der Waals surface area contributed by atoms with Crippen LogP contribution in [0, 0.1) is 11.3 Å². The molecule has 2 aromatic rings. The molecule has 1 aromatic heterocycles. The molecule has 3 N–H and O–H groups in total. The van der Waals surface area contributed by atoms with E-state index in [2.05, 4.69) is 21.3 Å². The first-order valence-corrected chi connectivity index (χ1v) is 12.4. The smallest absolute Gasteiger partial charge is 0.263 e. The molecule has 2 fully saturated rings. The maximum absolute atomic E-state index is 13.0. The van der Waals surface area contributed by atoms with E-state index in [4.69, 9.17) is 15.1 Å². The van der Waals surface area contributed by atoms with Gasteiger partial charge in [-0.25, -0.2) is 18.5 Å². The van der Waals surface area contributed by atoms with E-state index in [1.165, 1.54) is 12.3 Å². The van der Waals surface area contributed by atoms with Crippen molar-refractivity contribution in [3.63, 3.8) is 0 Å². The van der Waals surface area contributed by atoms with Gasteiger partial charge in [0.05, 0.1) is 11.6 Å². The molecular formula is C23H27N5O4S. The summed E-state index contributed by atoms with van der Waals surface area (Å²) in [6, 6.07) is 12.3. The zero-order valence-corrected chi connectivity index (χ0v) is 19.4. The molecule has 174 valence electrons. The van der Waals surface area contributed by atoms with Crippen LogP contribution in [-0.4, -0.2) is 43.0 Å². The summed E-state index contributed by atoms with van der Waals surface area (Å²) < 4.78 is 28.9. The number of aromatic nitrogens is 1. The summed E-state index contributed by atoms with van der Waals surface area (Å²) in [6.45, 7) is 3.45. The highest BCUT2D eigenvalue weighted by molar-refractivity contribution is 7.89. The highest BCUT2D eigenvalue weighted by Gasteiger charge is 2.43. The molecule has 2 aliphatic heterocycles. The lowest BCUT2D eigenvalue weighted by Gasteiger charge is -2.40. The molecule has 9 nitrogen and oxygen atoms in total. The molecule has 1 aromatic carbocycles. The standard InChI is InChI=1S/C23H27N5O4S/c1-23(2,32-19-7-3-15(13-24)4-8-19)22(29)27-16-11-17-5-6-18(12-16)28(17)21-10-9-20(14-26-21)33(25,30)31/h3-4,7-10,14,16-18H,5-6,11-12H2,1-2H3,(H,27,29)(H2,25,30,31)/t16-,17+,18-. The van der Waals surface area contributed by atoms with Gasteiger partial charge in [0.15, 0.2) is 5.60 Å². The van der Waals surface area contributed by atoms with Crippen molar-refractivity contribution in [3.8, 4) is 11.8 Å². The third-order valence-electron chi connectivity index (χ3n) is 6.29. The number of sulfonamides is 1. The topological polar surface area (TPSA) is 138 Å². The number of hydrogen-bond acceptors (Lipinski definition) is 7. The molecule has 1 amide bonds. The van der Waals surface area contributed by atoms with E-state index in [1.54, 1.807) is 44.2 Å². The summed E-state index contributed by atoms with van der Waals surface area (Å²) in [5, 5.41) is 17.2. The Hall–Kier alpha value is -3.16. The second-order valence-corrected chi connectivity index (χ2v) is 10.6. The summed E-state index contributed by atoms with van der Waals surface area (Å²) >= 11 is 0. The van der Waals surface area contributed by atoms with Crippen molar-refractivity contribution in [3.05, 3.63) is 48.2 Å². The Morgan fingerprint density at radius 2 is 1.82 bits per heavy atom. The number of nitrogens with two attached hydrogens (primary N) is 1. The van der Waals surface area contributed by atoms with Crippen LogP contribution in [-0.2, 0) is 14.8 Å². The second kappa shape index (κ2) is 8.65. The van der Waals surface area contributed by atoms with Crippen LogP contribution in [0.4, 0.5) is 5.82 Å². The van der Waals surface area contributed by atoms with Gasteiger partial charge in [-0.3, -0.25) is 4.79 Å². The van der Waals surface area contributed by atoms with Gasteiger partial charge in [-0.2, -0.15) is 5.26 Å². The third-order valence-corrected chi connectivity index (χ3v) is 7.18. The van der Waals surface area contributed by atoms with Gasteiger partial charge in [0, 0.05) is 24.3 Å². The summed E-state index contributed by atoms with van der Waals surface area (Å²) in [5.41, 5.74) is -0.546. The first kappa shape index (κ1) is 23.0. The van der Waals surface area contributed by atoms with Crippen molar-refractivity contribution in [1.82, 2.24) is 10.3 Å². The van der Waals surface area contributed by atoms with Crippen molar-refractivity contribution >= 4 is 21.7 Å². The van der Waals surface area contributed by atoms with E-state index >= 15 is 0 Å². The zero-order valence-electron chi connectivity index (χ0n) is 18.6. The monoisotopic (exact) mass is 469 g/mol. The predicted molar refractivity (Wildman–Crippen MR) is 122 cm³/mol. The summed E-state index contributed by atoms with van der Waals surface area (Å²) in [7, 11) is -3.78. The number of nitriles is 1. The van der Waals surface area contributed by atoms with E-state index in [0.717, 1.165) is 31.5 Å². The molecule has 0 aliphatic carbocycles. The van der Waals surface area contributed by atoms with Gasteiger partial charge in [0.25, 0.3) is 5.91 Å². The number of carbonyl (C=O) groups is 1. The predicted octanol–water partition coefficient (Wildman–Crippen LogP) is 2.07. The van der Waals surface area contributed by atoms with E-state index in [0.29, 0.717) is 11.3 Å². The van der Waals surface area contributed by atoms with Crippen molar-refractivity contribution in [2.24, 2.45) is 5.14 Å². The van der Waals surface area contributed by atoms with E-state index < -0.39 is 15.6 Å². The van der Waals surface area contributed by atoms with Crippen LogP contribution in [0.3, 0.4) is 0 Å². The molecule has 0 radical (unpaired) electrons. The fourth-order valence-corrected chi connectivity index (χ4v) is 5.12. The largest absolute Gasteiger partial charge is 0.478 e. The number of carbonyl (C=O) groups excluding carboxylic acids is 1. The molecule has 3 heterocycles. The van der Waals surface area contributed by atoms with Crippen molar-refractivity contribution in [1.29, 1.82) is 5.26 Å². The van der Waals surface area contributed by atoms with E-state index in [1.807, 2.05) is 0 Å². The van der Waals surface area contributed by atoms with Crippen LogP contribution in [0.25, 0.3) is 0 Å². The Labute approximate surface area is 193 Å². The maximum Gasteiger partial charge on any atom is 0.263 e. The first-order valence-electron chi connectivity index (χ1n) is 10.8. The van der Waals surface area contributed by atoms with Gasteiger partial charge in [0.2, 0.25) is 10.0 Å². The summed E-state index contributed by atoms with van der Waals surface area (Å²) in [5.74, 6) is 1.06. The number of anilines is 1. The quantitative estimate of drug-likeness (QED) is 0.660. The normalized spacial score (nSPS) is 22.5. The molecule has 3 atom stereocenters. The minimum absolute atomic E-state index is 0.00904. The fraction of sp³-hybridized carbons (Fsp3) is 0.435. The fourth-order valence-electron chi connectivity index (χ4n) is 4.66. The number of benzene rings is 1. The molecule has 2 aliphatic rings. The van der Waals surface area contributed by atoms with Gasteiger partial charge < -0.3 is 15.0 Å². The van der Waals surface area contributed by atoms with Crippen LogP contribution in [0.2, 0.25) is 0 Å². The van der Waals surface area contributed by atoms with Crippen LogP contribution in [0.5, 0.6) is 5.75 Å². The van der Waals surface area contributed by atoms with Gasteiger partial charge in [-0.1, -0.05) is 0 Å². The average molecular weight is 470 g/mol. The minimum Gasteiger partial charge on any atom is -0.478 e. The molecule has 0 unspecified atom stereocenters. The van der Waals surface area contributed by atoms with Crippen LogP contribution < -0.4 is 20.1 Å². The zero-order chi connectivity index (χ0) is 23.8. The Kier molecular flexibility index (Phi) is 6.03. The number of rotatable bonds is 6. The number of nitrogens with one attached hydrogen (secondary N) is 1. The van der Waals surface area contributed by atoms with Crippen LogP contribution in [0.1, 0.15) is 45.1 Å². The maximum atomic E-state index is 13.0. The van der Waals surface area contributed by atoms with E-state index in [9.17, 15) is 13.2 Å². The lowest BCUT2D eigenvalue weighted by Crippen LogP contribution is -2.55. The molecular weight excluding hydrogens is 442 g/mol. The SMILES string of the molecule is CC(C)(Oc1ccc(C#N)cc1)C(=O)N[C@H]1C[C@H]2CC[C@@H](C1)N2c1ccc(S(N)(=O)=O)cn1. The summed E-state index contributed by atoms with van der Waals surface area (Å²) in [6.07, 6.45) is 4.81. The van der Waals surface area contributed by atoms with Crippen LogP contribution in [0.15, 0.2) is 47.5 Å². The second-order valence-electron chi connectivity index (χ2n) is 9.08. The molecule has 4 rings (SSSR count). The number of fused-ring (bicyclic) bond motifs is 2. The number of pyridine rings is 1. The van der Waals surface area contributed by atoms with Crippen molar-refractivity contribution in [2.75, 3.05) is 4.90 Å². The van der Waals surface area contributed by atoms with Gasteiger partial charge in [-0.05, 0) is 75.9 Å². The van der Waals surface area contributed by atoms with Gasteiger partial charge in [0.1, 0.15) is 16.5 Å². The Morgan fingerprint density at radius 3 is 2.33 bits per heavy atom. The van der Waals surface area contributed by atoms with Gasteiger partial charge >= 0.3 is 0 Å². The first-order chi connectivity index (χ1) is 15.6. The Morgan fingerprint density at radius 1 is 1.18 bits per heavy atom. The average Bonchev–Trinajstić information content (AvgIpc) is 3.03. The third kappa shape index (κ3) is 4.94. The number of hydrogen-bond donors (Lipinski definition) is 2. The summed E-state index contributed by atoms with van der Waals surface area (Å²) in [4.78, 5) is 19.5. The van der Waals surface area contributed by atoms with Crippen LogP contribution >= 0.6 is 0 Å². The molecule has 0 spiro atoms. The number of piperidine rings is 1. The lowest BCUT2D eigenvalue weighted by molar-refractivity contribution is -0.135. The number of ether oxygens (including phenoxy) is 1. The highest BCUT2D eigenvalue weighted by Crippen LogP contribution is 2.38. The molecule has 2 bridgehead atoms. The number of nitrogens with zero attached hydrogens (tertiary/aromatic N) is 3. The van der Waals surface area contributed by atoms with Crippen molar-refractivity contribution < 1.29 is 17.9 Å². The minimum atomic E-state index is -3.78. The van der Waals surface area contributed by atoms with E-state index in [-0.39, 0.29) is 28.9 Å². The van der Waals surface area contributed by atoms with Gasteiger partial charge in [-0.15, -0.1) is 0 Å². The number of amides is 1. The Bertz CT molecular complexity index is 1160. The Balaban J connectivity index is 1.39. The number of primary sulfonamides is 1. The molecule has 0 saturated carbocycles.